The number of methoxy groups -OCH3 is 1. The van der Waals surface area contributed by atoms with Gasteiger partial charge in [-0.05, 0) is 55.7 Å². The molecule has 0 saturated carbocycles. The van der Waals surface area contributed by atoms with E-state index in [-0.39, 0.29) is 0 Å². The molecule has 2 rings (SSSR count). The summed E-state index contributed by atoms with van der Waals surface area (Å²) in [6.45, 7) is 7.68. The van der Waals surface area contributed by atoms with Crippen molar-refractivity contribution in [3.05, 3.63) is 42.5 Å². The van der Waals surface area contributed by atoms with Gasteiger partial charge in [-0.1, -0.05) is 6.08 Å². The Kier molecular flexibility index (Phi) is 7.36. The lowest BCUT2D eigenvalue weighted by Gasteiger charge is -2.32. The van der Waals surface area contributed by atoms with E-state index in [1.165, 1.54) is 37.9 Å². The Morgan fingerprint density at radius 3 is 2.57 bits per heavy atom. The third-order valence-electron chi connectivity index (χ3n) is 4.38. The van der Waals surface area contributed by atoms with Crippen LogP contribution in [0.25, 0.3) is 0 Å². The second-order valence-corrected chi connectivity index (χ2v) is 6.33. The fourth-order valence-electron chi connectivity index (χ4n) is 3.11. The predicted octanol–water partition coefficient (Wildman–Crippen LogP) is 1.46. The minimum absolute atomic E-state index is 0.407. The highest BCUT2D eigenvalue weighted by atomic mass is 32.1. The molecule has 0 radical (unpaired) electrons. The lowest BCUT2D eigenvalue weighted by atomic mass is 10.0. The smallest absolute Gasteiger partial charge is 0.166 e. The van der Waals surface area contributed by atoms with Gasteiger partial charge in [0.25, 0.3) is 0 Å². The third kappa shape index (κ3) is 5.52. The second-order valence-electron chi connectivity index (χ2n) is 5.92. The first-order valence-corrected chi connectivity index (χ1v) is 8.76. The number of ether oxygens (including phenoxy) is 1. The van der Waals surface area contributed by atoms with Crippen LogP contribution in [0.15, 0.2) is 36.9 Å². The van der Waals surface area contributed by atoms with E-state index in [1.807, 2.05) is 18.2 Å². The van der Waals surface area contributed by atoms with Crippen LogP contribution < -0.4 is 20.3 Å². The van der Waals surface area contributed by atoms with Gasteiger partial charge >= 0.3 is 0 Å². The van der Waals surface area contributed by atoms with Gasteiger partial charge in [0.15, 0.2) is 5.11 Å². The van der Waals surface area contributed by atoms with E-state index in [1.54, 1.807) is 12.0 Å². The van der Waals surface area contributed by atoms with Gasteiger partial charge < -0.3 is 20.3 Å². The van der Waals surface area contributed by atoms with Crippen LogP contribution in [0.4, 0.5) is 0 Å². The first kappa shape index (κ1) is 17.8. The zero-order valence-electron chi connectivity index (χ0n) is 13.9. The maximum Gasteiger partial charge on any atom is 0.166 e. The number of nitrogens with one attached hydrogen (secondary N) is 3. The Balaban J connectivity index is 2.04. The Bertz CT molecular complexity index is 497. The van der Waals surface area contributed by atoms with Crippen molar-refractivity contribution in [2.45, 2.75) is 25.3 Å². The Morgan fingerprint density at radius 1 is 1.26 bits per heavy atom. The fraction of sp³-hybridized carbons (Fsp3) is 0.500. The molecule has 0 unspecified atom stereocenters. The molecule has 1 aliphatic rings. The van der Waals surface area contributed by atoms with E-state index in [4.69, 9.17) is 17.0 Å². The maximum atomic E-state index is 5.33. The largest absolute Gasteiger partial charge is 0.497 e. The molecule has 5 heteroatoms. The molecule has 23 heavy (non-hydrogen) atoms. The summed E-state index contributed by atoms with van der Waals surface area (Å²) in [5.74, 6) is 0.900. The second kappa shape index (κ2) is 9.53. The molecule has 1 aromatic carbocycles. The summed E-state index contributed by atoms with van der Waals surface area (Å²) in [5.41, 5.74) is 1.33. The van der Waals surface area contributed by atoms with Crippen LogP contribution in [0.1, 0.15) is 30.9 Å². The minimum atomic E-state index is 0.407. The summed E-state index contributed by atoms with van der Waals surface area (Å²) in [6, 6.07) is 8.84. The Labute approximate surface area is 144 Å². The zero-order valence-corrected chi connectivity index (χ0v) is 14.8. The van der Waals surface area contributed by atoms with Gasteiger partial charge in [-0.2, -0.15) is 0 Å². The third-order valence-corrected chi connectivity index (χ3v) is 4.67. The van der Waals surface area contributed by atoms with Crippen molar-refractivity contribution in [3.63, 3.8) is 0 Å². The number of quaternary nitrogens is 1. The topological polar surface area (TPSA) is 37.7 Å². The summed E-state index contributed by atoms with van der Waals surface area (Å²) in [4.78, 5) is 1.64. The van der Waals surface area contributed by atoms with Crippen molar-refractivity contribution in [2.24, 2.45) is 0 Å². The van der Waals surface area contributed by atoms with E-state index < -0.39 is 0 Å². The highest BCUT2D eigenvalue weighted by Crippen LogP contribution is 2.16. The van der Waals surface area contributed by atoms with Crippen molar-refractivity contribution < 1.29 is 9.64 Å². The quantitative estimate of drug-likeness (QED) is 0.521. The normalized spacial score (nSPS) is 16.4. The van der Waals surface area contributed by atoms with E-state index >= 15 is 0 Å². The summed E-state index contributed by atoms with van der Waals surface area (Å²) in [6.07, 6.45) is 5.78. The van der Waals surface area contributed by atoms with E-state index in [9.17, 15) is 0 Å². The molecule has 0 aliphatic carbocycles. The summed E-state index contributed by atoms with van der Waals surface area (Å²) < 4.78 is 5.27. The minimum Gasteiger partial charge on any atom is -0.497 e. The molecule has 0 aromatic heterocycles. The van der Waals surface area contributed by atoms with Crippen LogP contribution in [0.2, 0.25) is 0 Å². The van der Waals surface area contributed by atoms with Crippen molar-refractivity contribution in [1.82, 2.24) is 10.6 Å². The van der Waals surface area contributed by atoms with Crippen LogP contribution in [-0.4, -0.2) is 38.4 Å². The van der Waals surface area contributed by atoms with Gasteiger partial charge in [-0.3, -0.25) is 0 Å². The first-order valence-electron chi connectivity index (χ1n) is 8.35. The lowest BCUT2D eigenvalue weighted by molar-refractivity contribution is -0.934. The first-order chi connectivity index (χ1) is 11.2. The van der Waals surface area contributed by atoms with E-state index in [2.05, 4.69) is 29.3 Å². The summed E-state index contributed by atoms with van der Waals surface area (Å²) in [7, 11) is 1.70. The molecule has 4 nitrogen and oxygen atoms in total. The Morgan fingerprint density at radius 2 is 1.96 bits per heavy atom. The number of thiocarbonyl (C=S) groups is 1. The molecule has 1 fully saturated rings. The average molecular weight is 335 g/mol. The van der Waals surface area contributed by atoms with E-state index in [0.717, 1.165) is 12.3 Å². The molecule has 0 spiro atoms. The number of piperidine rings is 1. The number of hydrogen-bond acceptors (Lipinski definition) is 2. The van der Waals surface area contributed by atoms with Crippen molar-refractivity contribution >= 4 is 17.3 Å². The predicted molar refractivity (Wildman–Crippen MR) is 99.1 cm³/mol. The number of rotatable bonds is 7. The fourth-order valence-corrected chi connectivity index (χ4v) is 3.28. The molecule has 1 aromatic rings. The van der Waals surface area contributed by atoms with Gasteiger partial charge in [-0.15, -0.1) is 6.58 Å². The van der Waals surface area contributed by atoms with Gasteiger partial charge in [-0.25, -0.2) is 0 Å². The van der Waals surface area contributed by atoms with Crippen LogP contribution >= 0.6 is 12.2 Å². The molecule has 1 saturated heterocycles. The lowest BCUT2D eigenvalue weighted by Crippen LogP contribution is -3.13. The molecule has 0 amide bonds. The molecular weight excluding hydrogens is 306 g/mol. The average Bonchev–Trinajstić information content (AvgIpc) is 2.61. The van der Waals surface area contributed by atoms with Crippen LogP contribution in [0.3, 0.4) is 0 Å². The van der Waals surface area contributed by atoms with Crippen LogP contribution in [0, 0.1) is 0 Å². The monoisotopic (exact) mass is 334 g/mol. The number of hydrogen-bond donors (Lipinski definition) is 3. The van der Waals surface area contributed by atoms with Gasteiger partial charge in [0.1, 0.15) is 11.8 Å². The molecule has 1 aliphatic heterocycles. The highest BCUT2D eigenvalue weighted by molar-refractivity contribution is 7.80. The van der Waals surface area contributed by atoms with Crippen molar-refractivity contribution in [3.8, 4) is 5.75 Å². The standard InChI is InChI=1S/C18H27N3OS/c1-3-11-19-18(23)20-14-17(21-12-5-4-6-13-21)15-7-9-16(22-2)10-8-15/h3,7-10,17H,1,4-6,11-14H2,2H3,(H2,19,20,23)/p+1/t17-/m0/s1. The molecule has 126 valence electrons. The molecule has 0 bridgehead atoms. The maximum absolute atomic E-state index is 5.33. The number of likely N-dealkylation sites (tertiary alicyclic amines) is 1. The summed E-state index contributed by atoms with van der Waals surface area (Å²) >= 11 is 5.33. The number of benzene rings is 1. The SMILES string of the molecule is C=CCNC(=S)NC[C@@H](c1ccc(OC)cc1)[NH+]1CCCCC1. The van der Waals surface area contributed by atoms with Crippen molar-refractivity contribution in [1.29, 1.82) is 0 Å². The zero-order chi connectivity index (χ0) is 16.5. The van der Waals surface area contributed by atoms with Crippen molar-refractivity contribution in [2.75, 3.05) is 33.3 Å². The van der Waals surface area contributed by atoms with Crippen LogP contribution in [-0.2, 0) is 0 Å². The molecule has 1 heterocycles. The Hall–Kier alpha value is -1.59. The molecule has 1 atom stereocenters. The van der Waals surface area contributed by atoms with Gasteiger partial charge in [0, 0.05) is 12.1 Å². The van der Waals surface area contributed by atoms with Gasteiger partial charge in [0.2, 0.25) is 0 Å². The molecular formula is C18H28N3OS+. The highest BCUT2D eigenvalue weighted by Gasteiger charge is 2.26. The summed E-state index contributed by atoms with van der Waals surface area (Å²) in [5, 5.41) is 7.19. The van der Waals surface area contributed by atoms with Crippen LogP contribution in [0.5, 0.6) is 5.75 Å². The van der Waals surface area contributed by atoms with E-state index in [0.29, 0.717) is 17.7 Å². The molecule has 3 N–H and O–H groups in total. The van der Waals surface area contributed by atoms with Gasteiger partial charge in [0.05, 0.1) is 26.7 Å².